The van der Waals surface area contributed by atoms with Crippen molar-refractivity contribution in [2.45, 2.75) is 25.5 Å². The highest BCUT2D eigenvalue weighted by Crippen LogP contribution is 2.35. The van der Waals surface area contributed by atoms with Crippen LogP contribution in [0, 0.1) is 18.6 Å². The van der Waals surface area contributed by atoms with Crippen LogP contribution >= 0.6 is 0 Å². The summed E-state index contributed by atoms with van der Waals surface area (Å²) in [5, 5.41) is 3.10. The van der Waals surface area contributed by atoms with Crippen LogP contribution < -0.4 is 10.1 Å². The molecule has 2 atom stereocenters. The molecule has 2 nitrogen and oxygen atoms in total. The summed E-state index contributed by atoms with van der Waals surface area (Å²) in [4.78, 5) is 0. The van der Waals surface area contributed by atoms with Crippen LogP contribution in [0.1, 0.15) is 22.7 Å². The number of hydrogen-bond donors (Lipinski definition) is 1. The largest absolute Gasteiger partial charge is 0.488 e. The Morgan fingerprint density at radius 2 is 1.95 bits per heavy atom. The van der Waals surface area contributed by atoms with Crippen LogP contribution in [0.2, 0.25) is 0 Å². The van der Waals surface area contributed by atoms with Gasteiger partial charge in [-0.15, -0.1) is 0 Å². The van der Waals surface area contributed by atoms with Gasteiger partial charge in [0.2, 0.25) is 0 Å². The molecule has 2 aromatic rings. The van der Waals surface area contributed by atoms with Crippen molar-refractivity contribution in [2.75, 3.05) is 7.05 Å². The number of likely N-dealkylation sites (N-methyl/N-ethyl adjacent to an activating group) is 1. The Bertz CT molecular complexity index is 647. The summed E-state index contributed by atoms with van der Waals surface area (Å²) in [6.07, 6.45) is 0.504. The van der Waals surface area contributed by atoms with Crippen molar-refractivity contribution in [1.29, 1.82) is 0 Å². The quantitative estimate of drug-likeness (QED) is 0.933. The maximum atomic E-state index is 14.1. The van der Waals surface area contributed by atoms with Crippen molar-refractivity contribution < 1.29 is 13.5 Å². The van der Waals surface area contributed by atoms with Crippen LogP contribution in [-0.2, 0) is 6.42 Å². The van der Waals surface area contributed by atoms with Crippen LogP contribution in [0.25, 0.3) is 0 Å². The summed E-state index contributed by atoms with van der Waals surface area (Å²) in [6, 6.07) is 9.97. The van der Waals surface area contributed by atoms with Crippen LogP contribution in [0.4, 0.5) is 8.78 Å². The summed E-state index contributed by atoms with van der Waals surface area (Å²) in [5.41, 5.74) is 1.98. The first-order valence-electron chi connectivity index (χ1n) is 6.97. The van der Waals surface area contributed by atoms with E-state index >= 15 is 0 Å². The predicted octanol–water partition coefficient (Wildman–Crippen LogP) is 3.54. The van der Waals surface area contributed by atoms with Crippen molar-refractivity contribution in [3.05, 3.63) is 64.7 Å². The fourth-order valence-corrected chi connectivity index (χ4v) is 2.85. The van der Waals surface area contributed by atoms with E-state index in [0.717, 1.165) is 17.4 Å². The van der Waals surface area contributed by atoms with Gasteiger partial charge in [-0.1, -0.05) is 18.2 Å². The summed E-state index contributed by atoms with van der Waals surface area (Å²) in [6.45, 7) is 1.63. The Hall–Kier alpha value is -1.94. The molecule has 0 saturated heterocycles. The number of benzene rings is 2. The number of ether oxygens (including phenoxy) is 1. The average molecular weight is 289 g/mol. The van der Waals surface area contributed by atoms with Crippen molar-refractivity contribution in [3.63, 3.8) is 0 Å². The van der Waals surface area contributed by atoms with Crippen LogP contribution in [0.5, 0.6) is 5.75 Å². The van der Waals surface area contributed by atoms with Crippen LogP contribution in [0.15, 0.2) is 36.4 Å². The van der Waals surface area contributed by atoms with Gasteiger partial charge in [0.1, 0.15) is 23.5 Å². The number of nitrogens with one attached hydrogen (secondary N) is 1. The molecule has 21 heavy (non-hydrogen) atoms. The Morgan fingerprint density at radius 3 is 2.67 bits per heavy atom. The maximum Gasteiger partial charge on any atom is 0.131 e. The highest BCUT2D eigenvalue weighted by atomic mass is 19.1. The average Bonchev–Trinajstić information content (AvgIpc) is 2.88. The van der Waals surface area contributed by atoms with Gasteiger partial charge in [-0.3, -0.25) is 0 Å². The normalized spacial score (nSPS) is 18.2. The Labute approximate surface area is 122 Å². The number of aryl methyl sites for hydroxylation is 1. The van der Waals surface area contributed by atoms with Crippen LogP contribution in [-0.4, -0.2) is 13.2 Å². The minimum absolute atomic E-state index is 0.202. The molecule has 2 unspecified atom stereocenters. The molecule has 0 aromatic heterocycles. The molecule has 0 bridgehead atoms. The van der Waals surface area contributed by atoms with Crippen molar-refractivity contribution in [2.24, 2.45) is 0 Å². The van der Waals surface area contributed by atoms with E-state index in [9.17, 15) is 8.78 Å². The molecule has 0 fully saturated rings. The van der Waals surface area contributed by atoms with E-state index in [1.165, 1.54) is 0 Å². The molecule has 1 N–H and O–H groups in total. The first-order valence-corrected chi connectivity index (χ1v) is 6.97. The molecule has 0 saturated carbocycles. The fraction of sp³-hybridized carbons (Fsp3) is 0.294. The van der Waals surface area contributed by atoms with Gasteiger partial charge in [0.25, 0.3) is 0 Å². The number of rotatable bonds is 3. The summed E-state index contributed by atoms with van der Waals surface area (Å²) in [5.74, 6) is -0.235. The predicted molar refractivity (Wildman–Crippen MR) is 77.5 cm³/mol. The van der Waals surface area contributed by atoms with Gasteiger partial charge < -0.3 is 10.1 Å². The number of fused-ring (bicyclic) bond motifs is 1. The summed E-state index contributed by atoms with van der Waals surface area (Å²) < 4.78 is 33.5. The topological polar surface area (TPSA) is 21.3 Å². The molecule has 1 heterocycles. The number of para-hydroxylation sites is 1. The fourth-order valence-electron chi connectivity index (χ4n) is 2.85. The Morgan fingerprint density at radius 1 is 1.19 bits per heavy atom. The zero-order valence-electron chi connectivity index (χ0n) is 12.0. The lowest BCUT2D eigenvalue weighted by Crippen LogP contribution is -2.33. The third-order valence-electron chi connectivity index (χ3n) is 3.97. The molecular formula is C17H17F2NO. The number of halogens is 2. The van der Waals surface area contributed by atoms with E-state index in [-0.39, 0.29) is 12.1 Å². The highest BCUT2D eigenvalue weighted by molar-refractivity contribution is 5.39. The zero-order valence-corrected chi connectivity index (χ0v) is 12.0. The SMILES string of the molecule is CNC(c1cc(C)c(F)cc1F)C1Cc2ccccc2O1. The van der Waals surface area contributed by atoms with E-state index in [1.807, 2.05) is 24.3 Å². The molecule has 0 aliphatic carbocycles. The smallest absolute Gasteiger partial charge is 0.131 e. The minimum Gasteiger partial charge on any atom is -0.488 e. The van der Waals surface area contributed by atoms with Crippen LogP contribution in [0.3, 0.4) is 0 Å². The monoisotopic (exact) mass is 289 g/mol. The van der Waals surface area contributed by atoms with Gasteiger partial charge in [0.15, 0.2) is 0 Å². The van der Waals surface area contributed by atoms with E-state index in [2.05, 4.69) is 5.32 Å². The number of hydrogen-bond acceptors (Lipinski definition) is 2. The second-order valence-corrected chi connectivity index (χ2v) is 5.36. The van der Waals surface area contributed by atoms with Gasteiger partial charge in [0, 0.05) is 18.1 Å². The van der Waals surface area contributed by atoms with E-state index in [4.69, 9.17) is 4.74 Å². The zero-order chi connectivity index (χ0) is 15.0. The molecule has 1 aliphatic heterocycles. The van der Waals surface area contributed by atoms with Crippen molar-refractivity contribution >= 4 is 0 Å². The van der Waals surface area contributed by atoms with Gasteiger partial charge in [0.05, 0.1) is 6.04 Å². The third kappa shape index (κ3) is 2.51. The van der Waals surface area contributed by atoms with Crippen molar-refractivity contribution in [3.8, 4) is 5.75 Å². The lowest BCUT2D eigenvalue weighted by atomic mass is 9.96. The Kier molecular flexibility index (Phi) is 3.64. The molecule has 1 aliphatic rings. The lowest BCUT2D eigenvalue weighted by molar-refractivity contribution is 0.181. The van der Waals surface area contributed by atoms with Crippen molar-refractivity contribution in [1.82, 2.24) is 5.32 Å². The molecule has 2 aromatic carbocycles. The third-order valence-corrected chi connectivity index (χ3v) is 3.97. The second-order valence-electron chi connectivity index (χ2n) is 5.36. The molecule has 0 radical (unpaired) electrons. The van der Waals surface area contributed by atoms with E-state index in [0.29, 0.717) is 17.5 Å². The summed E-state index contributed by atoms with van der Waals surface area (Å²) in [7, 11) is 1.76. The van der Waals surface area contributed by atoms with Gasteiger partial charge in [-0.2, -0.15) is 0 Å². The first-order chi connectivity index (χ1) is 10.1. The Balaban J connectivity index is 1.92. The van der Waals surface area contributed by atoms with E-state index in [1.54, 1.807) is 20.0 Å². The second kappa shape index (κ2) is 5.45. The molecule has 0 spiro atoms. The van der Waals surface area contributed by atoms with Gasteiger partial charge >= 0.3 is 0 Å². The standard InChI is InChI=1S/C17H17F2NO/c1-10-7-12(14(19)9-13(10)18)17(20-2)16-8-11-5-3-4-6-15(11)21-16/h3-7,9,16-17,20H,8H2,1-2H3. The summed E-state index contributed by atoms with van der Waals surface area (Å²) >= 11 is 0. The van der Waals surface area contributed by atoms with Gasteiger partial charge in [-0.05, 0) is 37.2 Å². The maximum absolute atomic E-state index is 14.1. The van der Waals surface area contributed by atoms with E-state index < -0.39 is 11.6 Å². The molecule has 3 rings (SSSR count). The molecule has 0 amide bonds. The minimum atomic E-state index is -0.544. The lowest BCUT2D eigenvalue weighted by Gasteiger charge is -2.24. The first kappa shape index (κ1) is 14.0. The molecule has 110 valence electrons. The molecule has 4 heteroatoms. The van der Waals surface area contributed by atoms with Gasteiger partial charge in [-0.25, -0.2) is 8.78 Å². The highest BCUT2D eigenvalue weighted by Gasteiger charge is 2.32. The molecular weight excluding hydrogens is 272 g/mol.